The molecule has 1 unspecified atom stereocenters. The molecule has 2 aromatic rings. The normalized spacial score (nSPS) is 13.2. The van der Waals surface area contributed by atoms with Crippen molar-refractivity contribution >= 4 is 20.9 Å². The van der Waals surface area contributed by atoms with Crippen molar-refractivity contribution in [1.82, 2.24) is 4.98 Å². The fourth-order valence-corrected chi connectivity index (χ4v) is 2.75. The first kappa shape index (κ1) is 15.7. The number of sulfonamides is 1. The maximum Gasteiger partial charge on any atom is 0.209 e. The first-order chi connectivity index (χ1) is 9.94. The molecular weight excluding hydrogens is 288 g/mol. The second-order valence-electron chi connectivity index (χ2n) is 5.26. The minimum absolute atomic E-state index is 0.0219. The zero-order chi connectivity index (χ0) is 15.3. The quantitative estimate of drug-likeness (QED) is 0.851. The second-order valence-corrected chi connectivity index (χ2v) is 6.99. The van der Waals surface area contributed by atoms with Crippen molar-refractivity contribution in [3.05, 3.63) is 36.5 Å². The van der Waals surface area contributed by atoms with Crippen molar-refractivity contribution in [2.24, 2.45) is 11.1 Å². The molecule has 1 heterocycles. The highest BCUT2D eigenvalue weighted by atomic mass is 32.2. The van der Waals surface area contributed by atoms with E-state index in [1.165, 1.54) is 0 Å². The van der Waals surface area contributed by atoms with Crippen molar-refractivity contribution in [3.63, 3.8) is 0 Å². The van der Waals surface area contributed by atoms with E-state index in [2.05, 4.69) is 4.98 Å². The highest BCUT2D eigenvalue weighted by Gasteiger charge is 2.08. The van der Waals surface area contributed by atoms with Gasteiger partial charge in [0.15, 0.2) is 0 Å². The van der Waals surface area contributed by atoms with E-state index in [-0.39, 0.29) is 11.7 Å². The largest absolute Gasteiger partial charge is 0.494 e. The van der Waals surface area contributed by atoms with Gasteiger partial charge < -0.3 is 4.74 Å². The molecule has 21 heavy (non-hydrogen) atoms. The molecule has 1 atom stereocenters. The van der Waals surface area contributed by atoms with E-state index >= 15 is 0 Å². The van der Waals surface area contributed by atoms with Crippen LogP contribution in [-0.4, -0.2) is 25.8 Å². The van der Waals surface area contributed by atoms with Crippen molar-refractivity contribution in [2.45, 2.75) is 19.8 Å². The lowest BCUT2D eigenvalue weighted by molar-refractivity contribution is 0.282. The zero-order valence-electron chi connectivity index (χ0n) is 12.0. The van der Waals surface area contributed by atoms with Gasteiger partial charge in [0.1, 0.15) is 5.75 Å². The lowest BCUT2D eigenvalue weighted by Gasteiger charge is -2.12. The van der Waals surface area contributed by atoms with E-state index in [4.69, 9.17) is 9.88 Å². The SMILES string of the molecule is CC(CCOc1ccc2cccnc2c1)CCS(N)(=O)=O. The molecule has 1 aromatic heterocycles. The Balaban J connectivity index is 1.82. The fraction of sp³-hybridized carbons (Fsp3) is 0.400. The Bertz CT molecular complexity index is 701. The number of pyridine rings is 1. The number of hydrogen-bond donors (Lipinski definition) is 1. The van der Waals surface area contributed by atoms with Gasteiger partial charge in [-0.15, -0.1) is 0 Å². The number of aromatic nitrogens is 1. The number of nitrogens with two attached hydrogens (primary N) is 1. The van der Waals surface area contributed by atoms with Crippen LogP contribution in [0.5, 0.6) is 5.75 Å². The molecule has 0 saturated heterocycles. The molecule has 0 aliphatic rings. The Morgan fingerprint density at radius 3 is 2.86 bits per heavy atom. The molecule has 5 nitrogen and oxygen atoms in total. The maximum atomic E-state index is 10.9. The zero-order valence-corrected chi connectivity index (χ0v) is 12.8. The Morgan fingerprint density at radius 2 is 2.10 bits per heavy atom. The smallest absolute Gasteiger partial charge is 0.209 e. The predicted octanol–water partition coefficient (Wildman–Crippen LogP) is 2.32. The molecule has 0 saturated carbocycles. The number of hydrogen-bond acceptors (Lipinski definition) is 4. The summed E-state index contributed by atoms with van der Waals surface area (Å²) in [5, 5.41) is 6.07. The molecule has 6 heteroatoms. The Hall–Kier alpha value is -1.66. The van der Waals surface area contributed by atoms with Crippen molar-refractivity contribution < 1.29 is 13.2 Å². The maximum absolute atomic E-state index is 10.9. The van der Waals surface area contributed by atoms with Crippen LogP contribution < -0.4 is 9.88 Å². The van der Waals surface area contributed by atoms with Gasteiger partial charge in [-0.05, 0) is 37.0 Å². The van der Waals surface area contributed by atoms with Gasteiger partial charge >= 0.3 is 0 Å². The minimum Gasteiger partial charge on any atom is -0.494 e. The standard InChI is InChI=1S/C15H20N2O3S/c1-12(7-10-21(16,18)19)6-9-20-14-5-4-13-3-2-8-17-15(13)11-14/h2-5,8,11-12H,6-7,9-10H2,1H3,(H2,16,18,19). The number of benzene rings is 1. The lowest BCUT2D eigenvalue weighted by Crippen LogP contribution is -2.18. The molecule has 0 spiro atoms. The Kier molecular flexibility index (Phi) is 5.14. The third-order valence-corrected chi connectivity index (χ3v) is 4.16. The van der Waals surface area contributed by atoms with Crippen molar-refractivity contribution in [1.29, 1.82) is 0 Å². The summed E-state index contributed by atoms with van der Waals surface area (Å²) in [5.74, 6) is 1.05. The number of fused-ring (bicyclic) bond motifs is 1. The van der Waals surface area contributed by atoms with Gasteiger partial charge in [-0.1, -0.05) is 13.0 Å². The van der Waals surface area contributed by atoms with Gasteiger partial charge in [-0.3, -0.25) is 4.98 Å². The van der Waals surface area contributed by atoms with Gasteiger partial charge in [0.2, 0.25) is 10.0 Å². The Labute approximate surface area is 125 Å². The van der Waals surface area contributed by atoms with Crippen LogP contribution >= 0.6 is 0 Å². The number of ether oxygens (including phenoxy) is 1. The summed E-state index contributed by atoms with van der Waals surface area (Å²) < 4.78 is 27.5. The van der Waals surface area contributed by atoms with E-state index in [1.807, 2.05) is 37.3 Å². The summed E-state index contributed by atoms with van der Waals surface area (Å²) in [4.78, 5) is 4.28. The van der Waals surface area contributed by atoms with Crippen molar-refractivity contribution in [3.8, 4) is 5.75 Å². The topological polar surface area (TPSA) is 82.3 Å². The molecule has 0 amide bonds. The van der Waals surface area contributed by atoms with Gasteiger partial charge in [0, 0.05) is 17.6 Å². The van der Waals surface area contributed by atoms with Crippen LogP contribution in [-0.2, 0) is 10.0 Å². The van der Waals surface area contributed by atoms with Gasteiger partial charge in [0.05, 0.1) is 17.9 Å². The molecule has 0 bridgehead atoms. The highest BCUT2D eigenvalue weighted by Crippen LogP contribution is 2.19. The van der Waals surface area contributed by atoms with E-state index < -0.39 is 10.0 Å². The first-order valence-corrected chi connectivity index (χ1v) is 8.63. The minimum atomic E-state index is -3.37. The molecule has 114 valence electrons. The summed E-state index contributed by atoms with van der Waals surface area (Å²) in [7, 11) is -3.37. The lowest BCUT2D eigenvalue weighted by atomic mass is 10.1. The van der Waals surface area contributed by atoms with E-state index in [0.717, 1.165) is 23.1 Å². The number of nitrogens with zero attached hydrogens (tertiary/aromatic N) is 1. The molecule has 0 aliphatic carbocycles. The monoisotopic (exact) mass is 308 g/mol. The van der Waals surface area contributed by atoms with Gasteiger partial charge in [-0.25, -0.2) is 13.6 Å². The Morgan fingerprint density at radius 1 is 1.29 bits per heavy atom. The highest BCUT2D eigenvalue weighted by molar-refractivity contribution is 7.89. The summed E-state index contributed by atoms with van der Waals surface area (Å²) in [6, 6.07) is 9.70. The second kappa shape index (κ2) is 6.87. The van der Waals surface area contributed by atoms with Gasteiger partial charge in [0.25, 0.3) is 0 Å². The molecule has 0 fully saturated rings. The van der Waals surface area contributed by atoms with Crippen LogP contribution in [0.15, 0.2) is 36.5 Å². The van der Waals surface area contributed by atoms with Crippen LogP contribution in [0.3, 0.4) is 0 Å². The molecule has 1 aromatic carbocycles. The van der Waals surface area contributed by atoms with E-state index in [0.29, 0.717) is 13.0 Å². The number of rotatable bonds is 7. The average Bonchev–Trinajstić information content (AvgIpc) is 2.44. The van der Waals surface area contributed by atoms with Crippen LogP contribution in [0, 0.1) is 5.92 Å². The molecule has 2 rings (SSSR count). The number of primary sulfonamides is 1. The summed E-state index contributed by atoms with van der Waals surface area (Å²) >= 11 is 0. The fourth-order valence-electron chi connectivity index (χ4n) is 2.02. The van der Waals surface area contributed by atoms with Gasteiger partial charge in [-0.2, -0.15) is 0 Å². The molecule has 2 N–H and O–H groups in total. The molecule has 0 radical (unpaired) electrons. The van der Waals surface area contributed by atoms with Crippen LogP contribution in [0.4, 0.5) is 0 Å². The summed E-state index contributed by atoms with van der Waals surface area (Å²) in [6.07, 6.45) is 3.10. The molecule has 0 aliphatic heterocycles. The van der Waals surface area contributed by atoms with Crippen LogP contribution in [0.2, 0.25) is 0 Å². The third-order valence-electron chi connectivity index (χ3n) is 3.35. The first-order valence-electron chi connectivity index (χ1n) is 6.92. The van der Waals surface area contributed by atoms with Crippen LogP contribution in [0.1, 0.15) is 19.8 Å². The average molecular weight is 308 g/mol. The summed E-state index contributed by atoms with van der Waals surface area (Å²) in [5.41, 5.74) is 0.900. The van der Waals surface area contributed by atoms with E-state index in [1.54, 1.807) is 6.20 Å². The molecular formula is C15H20N2O3S. The van der Waals surface area contributed by atoms with E-state index in [9.17, 15) is 8.42 Å². The predicted molar refractivity (Wildman–Crippen MR) is 83.6 cm³/mol. The van der Waals surface area contributed by atoms with Crippen molar-refractivity contribution in [2.75, 3.05) is 12.4 Å². The van der Waals surface area contributed by atoms with Crippen LogP contribution in [0.25, 0.3) is 10.9 Å². The summed E-state index contributed by atoms with van der Waals surface area (Å²) in [6.45, 7) is 2.54. The third kappa shape index (κ3) is 5.32.